The smallest absolute Gasteiger partial charge is 0.0955 e. The van der Waals surface area contributed by atoms with Gasteiger partial charge in [0.15, 0.2) is 0 Å². The van der Waals surface area contributed by atoms with Crippen LogP contribution in [-0.2, 0) is 11.2 Å². The van der Waals surface area contributed by atoms with Gasteiger partial charge in [-0.25, -0.2) is 4.98 Å². The number of thiazole rings is 1. The van der Waals surface area contributed by atoms with Crippen LogP contribution < -0.4 is 5.32 Å². The van der Waals surface area contributed by atoms with Gasteiger partial charge >= 0.3 is 0 Å². The van der Waals surface area contributed by atoms with Gasteiger partial charge in [0, 0.05) is 24.0 Å². The van der Waals surface area contributed by atoms with E-state index in [9.17, 15) is 0 Å². The first-order valence-electron chi connectivity index (χ1n) is 5.67. The van der Waals surface area contributed by atoms with Gasteiger partial charge in [-0.05, 0) is 18.2 Å². The second-order valence-corrected chi connectivity index (χ2v) is 5.70. The zero-order valence-corrected chi connectivity index (χ0v) is 10.9. The van der Waals surface area contributed by atoms with Crippen molar-refractivity contribution in [1.29, 1.82) is 0 Å². The molecule has 17 heavy (non-hydrogen) atoms. The van der Waals surface area contributed by atoms with Gasteiger partial charge in [0.1, 0.15) is 0 Å². The van der Waals surface area contributed by atoms with Gasteiger partial charge in [-0.3, -0.25) is 0 Å². The monoisotopic (exact) mass is 268 g/mol. The summed E-state index contributed by atoms with van der Waals surface area (Å²) >= 11 is 7.68. The fourth-order valence-corrected chi connectivity index (χ4v) is 3.32. The van der Waals surface area contributed by atoms with Crippen molar-refractivity contribution in [2.45, 2.75) is 12.5 Å². The third kappa shape index (κ3) is 2.60. The molecule has 1 unspecified atom stereocenters. The predicted molar refractivity (Wildman–Crippen MR) is 70.9 cm³/mol. The SMILES string of the molecule is Clc1ccc2nc(CC3COCCN3)sc2c1. The molecule has 1 aromatic heterocycles. The van der Waals surface area contributed by atoms with Crippen LogP contribution in [0.15, 0.2) is 18.2 Å². The minimum Gasteiger partial charge on any atom is -0.379 e. The molecule has 3 nitrogen and oxygen atoms in total. The van der Waals surface area contributed by atoms with Crippen molar-refractivity contribution in [1.82, 2.24) is 10.3 Å². The molecule has 0 radical (unpaired) electrons. The van der Waals surface area contributed by atoms with Gasteiger partial charge in [-0.15, -0.1) is 11.3 Å². The van der Waals surface area contributed by atoms with Crippen LogP contribution in [0.2, 0.25) is 5.02 Å². The molecule has 0 bridgehead atoms. The lowest BCUT2D eigenvalue weighted by molar-refractivity contribution is 0.0770. The average molecular weight is 269 g/mol. The van der Waals surface area contributed by atoms with E-state index in [1.54, 1.807) is 11.3 Å². The number of nitrogens with zero attached hydrogens (tertiary/aromatic N) is 1. The summed E-state index contributed by atoms with van der Waals surface area (Å²) in [5, 5.41) is 5.35. The van der Waals surface area contributed by atoms with Crippen molar-refractivity contribution in [3.05, 3.63) is 28.2 Å². The Morgan fingerprint density at radius 3 is 3.29 bits per heavy atom. The maximum Gasteiger partial charge on any atom is 0.0955 e. The summed E-state index contributed by atoms with van der Waals surface area (Å²) in [6.45, 7) is 2.52. The number of ether oxygens (including phenoxy) is 1. The molecule has 90 valence electrons. The summed E-state index contributed by atoms with van der Waals surface area (Å²) in [6.07, 6.45) is 0.928. The first kappa shape index (κ1) is 11.4. The number of halogens is 1. The number of nitrogens with one attached hydrogen (secondary N) is 1. The van der Waals surface area contributed by atoms with Gasteiger partial charge in [-0.2, -0.15) is 0 Å². The average Bonchev–Trinajstić information content (AvgIpc) is 2.71. The second-order valence-electron chi connectivity index (χ2n) is 4.15. The lowest BCUT2D eigenvalue weighted by Gasteiger charge is -2.22. The van der Waals surface area contributed by atoms with E-state index < -0.39 is 0 Å². The molecule has 0 aliphatic carbocycles. The van der Waals surface area contributed by atoms with Gasteiger partial charge in [0.25, 0.3) is 0 Å². The molecule has 3 rings (SSSR count). The number of aromatic nitrogens is 1. The highest BCUT2D eigenvalue weighted by molar-refractivity contribution is 7.18. The molecular weight excluding hydrogens is 256 g/mol. The molecule has 5 heteroatoms. The fourth-order valence-electron chi connectivity index (χ4n) is 2.00. The maximum absolute atomic E-state index is 5.97. The third-order valence-corrected chi connectivity index (χ3v) is 4.09. The Morgan fingerprint density at radius 2 is 2.47 bits per heavy atom. The van der Waals surface area contributed by atoms with Crippen molar-refractivity contribution in [2.24, 2.45) is 0 Å². The largest absolute Gasteiger partial charge is 0.379 e. The minimum absolute atomic E-state index is 0.389. The van der Waals surface area contributed by atoms with Crippen molar-refractivity contribution in [3.63, 3.8) is 0 Å². The summed E-state index contributed by atoms with van der Waals surface area (Å²) in [5.74, 6) is 0. The van der Waals surface area contributed by atoms with Crippen LogP contribution >= 0.6 is 22.9 Å². The molecular formula is C12H13ClN2OS. The fraction of sp³-hybridized carbons (Fsp3) is 0.417. The number of fused-ring (bicyclic) bond motifs is 1. The van der Waals surface area contributed by atoms with E-state index >= 15 is 0 Å². The molecule has 1 N–H and O–H groups in total. The van der Waals surface area contributed by atoms with Gasteiger partial charge in [0.2, 0.25) is 0 Å². The summed E-state index contributed by atoms with van der Waals surface area (Å²) in [5.41, 5.74) is 1.03. The molecule has 2 heterocycles. The highest BCUT2D eigenvalue weighted by atomic mass is 35.5. The lowest BCUT2D eigenvalue weighted by atomic mass is 10.2. The Labute approximate surface area is 109 Å². The first-order valence-corrected chi connectivity index (χ1v) is 6.87. The standard InChI is InChI=1S/C12H13ClN2OS/c13-8-1-2-10-11(5-8)17-12(15-10)6-9-7-16-4-3-14-9/h1-2,5,9,14H,3-4,6-7H2. The quantitative estimate of drug-likeness (QED) is 0.909. The summed E-state index contributed by atoms with van der Waals surface area (Å²) in [7, 11) is 0. The minimum atomic E-state index is 0.389. The van der Waals surface area contributed by atoms with Crippen molar-refractivity contribution in [3.8, 4) is 0 Å². The van der Waals surface area contributed by atoms with Gasteiger partial charge in [-0.1, -0.05) is 11.6 Å². The van der Waals surface area contributed by atoms with E-state index in [2.05, 4.69) is 10.3 Å². The van der Waals surface area contributed by atoms with Crippen molar-refractivity contribution >= 4 is 33.2 Å². The molecule has 0 amide bonds. The van der Waals surface area contributed by atoms with Crippen LogP contribution in [0, 0.1) is 0 Å². The summed E-state index contributed by atoms with van der Waals surface area (Å²) < 4.78 is 6.60. The molecule has 1 saturated heterocycles. The Bertz CT molecular complexity index is 522. The van der Waals surface area contributed by atoms with Crippen LogP contribution in [0.1, 0.15) is 5.01 Å². The van der Waals surface area contributed by atoms with Gasteiger partial charge in [0.05, 0.1) is 28.4 Å². The highest BCUT2D eigenvalue weighted by Gasteiger charge is 2.15. The summed E-state index contributed by atoms with van der Waals surface area (Å²) in [4.78, 5) is 4.61. The number of benzene rings is 1. The second kappa shape index (κ2) is 4.90. The van der Waals surface area contributed by atoms with Crippen LogP contribution in [0.3, 0.4) is 0 Å². The van der Waals surface area contributed by atoms with Crippen molar-refractivity contribution < 1.29 is 4.74 Å². The normalized spacial score (nSPS) is 20.9. The molecule has 1 fully saturated rings. The van der Waals surface area contributed by atoms with E-state index in [1.807, 2.05) is 18.2 Å². The number of rotatable bonds is 2. The van der Waals surface area contributed by atoms with Crippen LogP contribution in [-0.4, -0.2) is 30.8 Å². The van der Waals surface area contributed by atoms with E-state index in [0.29, 0.717) is 6.04 Å². The molecule has 1 aliphatic rings. The predicted octanol–water partition coefficient (Wildman–Crippen LogP) is 2.48. The third-order valence-electron chi connectivity index (χ3n) is 2.81. The molecule has 0 spiro atoms. The van der Waals surface area contributed by atoms with E-state index in [1.165, 1.54) is 0 Å². The van der Waals surface area contributed by atoms with Crippen LogP contribution in [0.5, 0.6) is 0 Å². The molecule has 1 atom stereocenters. The highest BCUT2D eigenvalue weighted by Crippen LogP contribution is 2.26. The Morgan fingerprint density at radius 1 is 1.53 bits per heavy atom. The molecule has 1 aliphatic heterocycles. The Hall–Kier alpha value is -0.680. The lowest BCUT2D eigenvalue weighted by Crippen LogP contribution is -2.42. The molecule has 0 saturated carbocycles. The zero-order valence-electron chi connectivity index (χ0n) is 9.28. The Kier molecular flexibility index (Phi) is 3.29. The number of hydrogen-bond acceptors (Lipinski definition) is 4. The van der Waals surface area contributed by atoms with Crippen LogP contribution in [0.4, 0.5) is 0 Å². The molecule has 1 aromatic carbocycles. The Balaban J connectivity index is 1.80. The van der Waals surface area contributed by atoms with E-state index in [4.69, 9.17) is 16.3 Å². The van der Waals surface area contributed by atoms with E-state index in [-0.39, 0.29) is 0 Å². The van der Waals surface area contributed by atoms with Gasteiger partial charge < -0.3 is 10.1 Å². The van der Waals surface area contributed by atoms with Crippen molar-refractivity contribution in [2.75, 3.05) is 19.8 Å². The first-order chi connectivity index (χ1) is 8.31. The number of morpholine rings is 1. The zero-order chi connectivity index (χ0) is 11.7. The summed E-state index contributed by atoms with van der Waals surface area (Å²) in [6, 6.07) is 6.22. The number of hydrogen-bond donors (Lipinski definition) is 1. The molecule has 2 aromatic rings. The van der Waals surface area contributed by atoms with E-state index in [0.717, 1.165) is 46.4 Å². The maximum atomic E-state index is 5.97. The topological polar surface area (TPSA) is 34.1 Å². The van der Waals surface area contributed by atoms with Crippen LogP contribution in [0.25, 0.3) is 10.2 Å².